The van der Waals surface area contributed by atoms with Crippen molar-refractivity contribution in [2.24, 2.45) is 0 Å². The van der Waals surface area contributed by atoms with Crippen LogP contribution in [0.25, 0.3) is 0 Å². The number of hydrogen-bond acceptors (Lipinski definition) is 5. The zero-order chi connectivity index (χ0) is 13.7. The molecular weight excluding hydrogens is 333 g/mol. The highest BCUT2D eigenvalue weighted by molar-refractivity contribution is 7.09. The predicted molar refractivity (Wildman–Crippen MR) is 89.8 cm³/mol. The maximum Gasteiger partial charge on any atom is 0.222 e. The Balaban J connectivity index is 0.00000200. The summed E-state index contributed by atoms with van der Waals surface area (Å²) in [4.78, 5) is 16.3. The van der Waals surface area contributed by atoms with Crippen molar-refractivity contribution in [1.82, 2.24) is 15.6 Å². The number of halogens is 2. The molecule has 122 valence electrons. The number of ether oxygens (including phenoxy) is 1. The first kappa shape index (κ1) is 20.6. The number of rotatable bonds is 5. The van der Waals surface area contributed by atoms with E-state index in [1.807, 2.05) is 0 Å². The molecule has 1 aromatic heterocycles. The summed E-state index contributed by atoms with van der Waals surface area (Å²) in [6, 6.07) is 0.135. The molecule has 1 atom stereocenters. The molecule has 1 saturated heterocycles. The van der Waals surface area contributed by atoms with Gasteiger partial charge in [0.2, 0.25) is 5.91 Å². The molecule has 8 heteroatoms. The van der Waals surface area contributed by atoms with Crippen LogP contribution >= 0.6 is 36.2 Å². The van der Waals surface area contributed by atoms with Crippen LogP contribution in [0.1, 0.15) is 36.9 Å². The van der Waals surface area contributed by atoms with E-state index < -0.39 is 0 Å². The summed E-state index contributed by atoms with van der Waals surface area (Å²) in [6.45, 7) is 6.92. The van der Waals surface area contributed by atoms with Crippen molar-refractivity contribution in [2.75, 3.05) is 19.8 Å². The standard InChI is InChI=1S/C13H21N3O2S.2ClH/c1-9(2)11-8-19-13(16-11)6-15-12(17)5-10-7-18-4-3-14-10;;/h8-10,14H,3-7H2,1-2H3,(H,15,17);2*1H. The van der Waals surface area contributed by atoms with Crippen LogP contribution in [0.15, 0.2) is 5.38 Å². The fourth-order valence-electron chi connectivity index (χ4n) is 1.89. The molecule has 0 aromatic carbocycles. The SMILES string of the molecule is CC(C)c1csc(CNC(=O)CC2COCCN2)n1.Cl.Cl. The number of nitrogens with one attached hydrogen (secondary N) is 2. The largest absolute Gasteiger partial charge is 0.378 e. The molecule has 1 amide bonds. The van der Waals surface area contributed by atoms with Gasteiger partial charge < -0.3 is 15.4 Å². The van der Waals surface area contributed by atoms with Crippen LogP contribution in [-0.2, 0) is 16.1 Å². The normalized spacial score (nSPS) is 17.8. The lowest BCUT2D eigenvalue weighted by molar-refractivity contribution is -0.122. The van der Waals surface area contributed by atoms with E-state index in [0.29, 0.717) is 25.5 Å². The molecule has 0 spiro atoms. The Morgan fingerprint density at radius 2 is 2.33 bits per heavy atom. The van der Waals surface area contributed by atoms with Crippen molar-refractivity contribution < 1.29 is 9.53 Å². The average molecular weight is 356 g/mol. The Morgan fingerprint density at radius 3 is 2.90 bits per heavy atom. The fraction of sp³-hybridized carbons (Fsp3) is 0.692. The van der Waals surface area contributed by atoms with Gasteiger partial charge in [-0.3, -0.25) is 4.79 Å². The Morgan fingerprint density at radius 1 is 1.57 bits per heavy atom. The zero-order valence-electron chi connectivity index (χ0n) is 12.3. The molecule has 1 aliphatic rings. The van der Waals surface area contributed by atoms with E-state index in [2.05, 4.69) is 34.8 Å². The number of aromatic nitrogens is 1. The molecule has 0 bridgehead atoms. The predicted octanol–water partition coefficient (Wildman–Crippen LogP) is 2.10. The summed E-state index contributed by atoms with van der Waals surface area (Å²) in [6.07, 6.45) is 0.461. The first-order valence-electron chi connectivity index (χ1n) is 6.67. The molecule has 0 radical (unpaired) electrons. The quantitative estimate of drug-likeness (QED) is 0.848. The Kier molecular flexibility index (Phi) is 10.1. The van der Waals surface area contributed by atoms with Gasteiger partial charge in [-0.1, -0.05) is 13.8 Å². The Labute approximate surface area is 142 Å². The molecular formula is C13H23Cl2N3O2S. The second-order valence-corrected chi connectivity index (χ2v) is 5.97. The minimum absolute atomic E-state index is 0. The number of carbonyl (C=O) groups excluding carboxylic acids is 1. The van der Waals surface area contributed by atoms with Crippen molar-refractivity contribution in [1.29, 1.82) is 0 Å². The third kappa shape index (κ3) is 6.93. The molecule has 0 saturated carbocycles. The molecule has 2 rings (SSSR count). The summed E-state index contributed by atoms with van der Waals surface area (Å²) in [5, 5.41) is 9.20. The van der Waals surface area contributed by atoms with Gasteiger partial charge in [-0.15, -0.1) is 36.2 Å². The molecule has 21 heavy (non-hydrogen) atoms. The first-order chi connectivity index (χ1) is 9.15. The van der Waals surface area contributed by atoms with Crippen LogP contribution < -0.4 is 10.6 Å². The van der Waals surface area contributed by atoms with Crippen LogP contribution in [0.5, 0.6) is 0 Å². The van der Waals surface area contributed by atoms with Crippen LogP contribution in [0.3, 0.4) is 0 Å². The summed E-state index contributed by atoms with van der Waals surface area (Å²) in [7, 11) is 0. The van der Waals surface area contributed by atoms with Crippen LogP contribution in [0.4, 0.5) is 0 Å². The molecule has 1 unspecified atom stereocenters. The van der Waals surface area contributed by atoms with Gasteiger partial charge in [0.05, 0.1) is 25.5 Å². The van der Waals surface area contributed by atoms with Gasteiger partial charge in [0.1, 0.15) is 5.01 Å². The van der Waals surface area contributed by atoms with Crippen LogP contribution in [-0.4, -0.2) is 36.7 Å². The van der Waals surface area contributed by atoms with Crippen molar-refractivity contribution in [3.8, 4) is 0 Å². The first-order valence-corrected chi connectivity index (χ1v) is 7.55. The minimum atomic E-state index is 0. The number of amides is 1. The third-order valence-corrected chi connectivity index (χ3v) is 3.90. The maximum atomic E-state index is 11.8. The number of morpholine rings is 1. The van der Waals surface area contributed by atoms with Gasteiger partial charge in [-0.25, -0.2) is 4.98 Å². The van der Waals surface area contributed by atoms with Crippen molar-refractivity contribution in [2.45, 2.75) is 38.8 Å². The van der Waals surface area contributed by atoms with Gasteiger partial charge in [-0.2, -0.15) is 0 Å². The van der Waals surface area contributed by atoms with E-state index in [1.165, 1.54) is 0 Å². The minimum Gasteiger partial charge on any atom is -0.378 e. The van der Waals surface area contributed by atoms with E-state index in [-0.39, 0.29) is 36.8 Å². The molecule has 1 aromatic rings. The molecule has 1 fully saturated rings. The maximum absolute atomic E-state index is 11.8. The van der Waals surface area contributed by atoms with Gasteiger partial charge in [0, 0.05) is 24.4 Å². The zero-order valence-corrected chi connectivity index (χ0v) is 14.7. The van der Waals surface area contributed by atoms with E-state index >= 15 is 0 Å². The van der Waals surface area contributed by atoms with E-state index in [4.69, 9.17) is 4.74 Å². The van der Waals surface area contributed by atoms with Gasteiger partial charge >= 0.3 is 0 Å². The number of carbonyl (C=O) groups is 1. The lowest BCUT2D eigenvalue weighted by Gasteiger charge is -2.23. The highest BCUT2D eigenvalue weighted by atomic mass is 35.5. The lowest BCUT2D eigenvalue weighted by Crippen LogP contribution is -2.44. The topological polar surface area (TPSA) is 63.2 Å². The highest BCUT2D eigenvalue weighted by Gasteiger charge is 2.16. The number of thiazole rings is 1. The summed E-state index contributed by atoms with van der Waals surface area (Å²) in [5.74, 6) is 0.480. The van der Waals surface area contributed by atoms with Crippen molar-refractivity contribution in [3.63, 3.8) is 0 Å². The Hall–Kier alpha value is -0.400. The number of nitrogens with zero attached hydrogens (tertiary/aromatic N) is 1. The molecule has 5 nitrogen and oxygen atoms in total. The summed E-state index contributed by atoms with van der Waals surface area (Å²) >= 11 is 1.60. The highest BCUT2D eigenvalue weighted by Crippen LogP contribution is 2.17. The van der Waals surface area contributed by atoms with E-state index in [9.17, 15) is 4.79 Å². The molecule has 0 aliphatic carbocycles. The van der Waals surface area contributed by atoms with Crippen molar-refractivity contribution in [3.05, 3.63) is 16.1 Å². The van der Waals surface area contributed by atoms with Crippen molar-refractivity contribution >= 4 is 42.1 Å². The van der Waals surface area contributed by atoms with E-state index in [1.54, 1.807) is 11.3 Å². The van der Waals surface area contributed by atoms with Gasteiger partial charge in [0.25, 0.3) is 0 Å². The van der Waals surface area contributed by atoms with E-state index in [0.717, 1.165) is 23.9 Å². The van der Waals surface area contributed by atoms with Gasteiger partial charge in [0.15, 0.2) is 0 Å². The smallest absolute Gasteiger partial charge is 0.222 e. The molecule has 1 aliphatic heterocycles. The third-order valence-electron chi connectivity index (χ3n) is 3.03. The second-order valence-electron chi connectivity index (χ2n) is 5.03. The monoisotopic (exact) mass is 355 g/mol. The summed E-state index contributed by atoms with van der Waals surface area (Å²) < 4.78 is 5.32. The fourth-order valence-corrected chi connectivity index (χ4v) is 2.79. The second kappa shape index (κ2) is 10.3. The lowest BCUT2D eigenvalue weighted by atomic mass is 10.2. The Bertz CT molecular complexity index is 423. The van der Waals surface area contributed by atoms with Crippen LogP contribution in [0.2, 0.25) is 0 Å². The van der Waals surface area contributed by atoms with Gasteiger partial charge in [-0.05, 0) is 5.92 Å². The summed E-state index contributed by atoms with van der Waals surface area (Å²) in [5.41, 5.74) is 1.09. The molecule has 2 heterocycles. The average Bonchev–Trinajstić information content (AvgIpc) is 2.86. The molecule has 2 N–H and O–H groups in total. The van der Waals surface area contributed by atoms with Crippen LogP contribution in [0, 0.1) is 0 Å². The number of hydrogen-bond donors (Lipinski definition) is 2.